The number of benzene rings is 1. The minimum Gasteiger partial charge on any atom is -0.495 e. The van der Waals surface area contributed by atoms with E-state index in [2.05, 4.69) is 10.4 Å². The smallest absolute Gasteiger partial charge is 0.292 e. The van der Waals surface area contributed by atoms with Gasteiger partial charge >= 0.3 is 0 Å². The van der Waals surface area contributed by atoms with E-state index >= 15 is 0 Å². The Bertz CT molecular complexity index is 962. The lowest BCUT2D eigenvalue weighted by Crippen LogP contribution is -2.42. The van der Waals surface area contributed by atoms with Gasteiger partial charge in [-0.05, 0) is 25.1 Å². The van der Waals surface area contributed by atoms with Crippen molar-refractivity contribution in [3.8, 4) is 5.75 Å². The first-order valence-electron chi connectivity index (χ1n) is 8.11. The molecule has 0 aliphatic carbocycles. The van der Waals surface area contributed by atoms with Crippen molar-refractivity contribution in [3.05, 3.63) is 39.8 Å². The molecule has 1 aliphatic rings. The van der Waals surface area contributed by atoms with Gasteiger partial charge in [-0.15, -0.1) is 11.8 Å². The van der Waals surface area contributed by atoms with Crippen molar-refractivity contribution < 1.29 is 14.3 Å². The summed E-state index contributed by atoms with van der Waals surface area (Å²) in [6, 6.07) is 4.82. The van der Waals surface area contributed by atoms with Gasteiger partial charge in [0, 0.05) is 11.6 Å². The predicted octanol–water partition coefficient (Wildman–Crippen LogP) is 2.00. The molecular weight excluding hydrogens is 392 g/mol. The average Bonchev–Trinajstić information content (AvgIpc) is 2.64. The van der Waals surface area contributed by atoms with Crippen LogP contribution < -0.4 is 20.5 Å². The largest absolute Gasteiger partial charge is 0.495 e. The van der Waals surface area contributed by atoms with Gasteiger partial charge in [-0.25, -0.2) is 4.68 Å². The number of aromatic nitrogens is 2. The van der Waals surface area contributed by atoms with Crippen LogP contribution in [0, 0.1) is 0 Å². The molecule has 142 valence electrons. The summed E-state index contributed by atoms with van der Waals surface area (Å²) in [5.41, 5.74) is 0.173. The minimum atomic E-state index is -0.483. The van der Waals surface area contributed by atoms with E-state index in [0.29, 0.717) is 27.9 Å². The van der Waals surface area contributed by atoms with E-state index in [1.54, 1.807) is 25.1 Å². The molecule has 2 heterocycles. The fraction of sp³-hybridized carbons (Fsp3) is 0.294. The number of halogens is 1. The molecule has 0 saturated heterocycles. The molecule has 0 radical (unpaired) electrons. The maximum absolute atomic E-state index is 12.8. The quantitative estimate of drug-likeness (QED) is 0.813. The highest BCUT2D eigenvalue weighted by molar-refractivity contribution is 8.00. The second kappa shape index (κ2) is 8.01. The topological polar surface area (TPSA) is 93.5 Å². The normalized spacial score (nSPS) is 13.3. The number of thioether (sulfide) groups is 1. The minimum absolute atomic E-state index is 0.141. The number of nitrogens with one attached hydrogen (secondary N) is 1. The third kappa shape index (κ3) is 3.93. The van der Waals surface area contributed by atoms with E-state index in [1.165, 1.54) is 30.0 Å². The molecule has 0 saturated carbocycles. The summed E-state index contributed by atoms with van der Waals surface area (Å²) in [6.07, 6.45) is 1.50. The van der Waals surface area contributed by atoms with E-state index in [-0.39, 0.29) is 23.9 Å². The van der Waals surface area contributed by atoms with Crippen molar-refractivity contribution in [2.24, 2.45) is 0 Å². The van der Waals surface area contributed by atoms with E-state index in [4.69, 9.17) is 16.3 Å². The molecule has 1 N–H and O–H groups in total. The van der Waals surface area contributed by atoms with Gasteiger partial charge in [0.1, 0.15) is 18.0 Å². The zero-order valence-corrected chi connectivity index (χ0v) is 16.3. The first-order chi connectivity index (χ1) is 12.9. The highest BCUT2D eigenvalue weighted by atomic mass is 35.5. The molecule has 1 aromatic carbocycles. The summed E-state index contributed by atoms with van der Waals surface area (Å²) < 4.78 is 6.22. The number of carbonyl (C=O) groups excluding carboxylic acids is 2. The van der Waals surface area contributed by atoms with Crippen molar-refractivity contribution in [2.75, 3.05) is 29.6 Å². The van der Waals surface area contributed by atoms with Gasteiger partial charge < -0.3 is 15.0 Å². The average molecular weight is 409 g/mol. The molecule has 0 fully saturated rings. The summed E-state index contributed by atoms with van der Waals surface area (Å²) in [4.78, 5) is 39.3. The number of nitrogens with zero attached hydrogens (tertiary/aromatic N) is 3. The Morgan fingerprint density at radius 1 is 1.41 bits per heavy atom. The van der Waals surface area contributed by atoms with Crippen LogP contribution >= 0.6 is 23.4 Å². The molecule has 0 unspecified atom stereocenters. The fourth-order valence-electron chi connectivity index (χ4n) is 2.71. The number of amides is 2. The van der Waals surface area contributed by atoms with Gasteiger partial charge in [-0.2, -0.15) is 5.10 Å². The Kier molecular flexibility index (Phi) is 5.71. The number of ether oxygens (including phenoxy) is 1. The summed E-state index contributed by atoms with van der Waals surface area (Å²) in [6.45, 7) is 1.86. The summed E-state index contributed by atoms with van der Waals surface area (Å²) in [5, 5.41) is 7.15. The SMILES string of the molecule is CCN1C(=O)CSc2cnn(CC(=O)Nc3cc(Cl)ccc3OC)c(=O)c21. The first-order valence-corrected chi connectivity index (χ1v) is 9.47. The summed E-state index contributed by atoms with van der Waals surface area (Å²) >= 11 is 7.22. The van der Waals surface area contributed by atoms with Crippen LogP contribution in [0.4, 0.5) is 11.4 Å². The molecule has 0 atom stereocenters. The molecule has 0 bridgehead atoms. The number of hydrogen-bond donors (Lipinski definition) is 1. The van der Waals surface area contributed by atoms with Gasteiger partial charge in [0.2, 0.25) is 11.8 Å². The maximum atomic E-state index is 12.8. The van der Waals surface area contributed by atoms with Crippen LogP contribution in [-0.2, 0) is 16.1 Å². The standard InChI is InChI=1S/C17H17ClN4O4S/c1-3-21-15(24)9-27-13-7-19-22(17(25)16(13)21)8-14(23)20-11-6-10(18)4-5-12(11)26-2/h4-7H,3,8-9H2,1-2H3,(H,20,23). The Hall–Kier alpha value is -2.52. The second-order valence-electron chi connectivity index (χ2n) is 5.64. The number of fused-ring (bicyclic) bond motifs is 1. The van der Waals surface area contributed by atoms with Gasteiger partial charge in [0.25, 0.3) is 5.56 Å². The van der Waals surface area contributed by atoms with Crippen molar-refractivity contribution in [1.29, 1.82) is 0 Å². The number of methoxy groups -OCH3 is 1. The van der Waals surface area contributed by atoms with Crippen molar-refractivity contribution in [1.82, 2.24) is 9.78 Å². The third-order valence-corrected chi connectivity index (χ3v) is 5.19. The van der Waals surface area contributed by atoms with Crippen LogP contribution in [-0.4, -0.2) is 41.0 Å². The molecule has 3 rings (SSSR count). The van der Waals surface area contributed by atoms with E-state index in [9.17, 15) is 14.4 Å². The van der Waals surface area contributed by atoms with Crippen LogP contribution in [0.2, 0.25) is 5.02 Å². The molecular formula is C17H17ClN4O4S. The Balaban J connectivity index is 1.86. The molecule has 2 aromatic rings. The Morgan fingerprint density at radius 2 is 2.19 bits per heavy atom. The van der Waals surface area contributed by atoms with Crippen LogP contribution in [0.1, 0.15) is 6.92 Å². The van der Waals surface area contributed by atoms with Crippen LogP contribution in [0.25, 0.3) is 0 Å². The first kappa shape index (κ1) is 19.2. The molecule has 1 aromatic heterocycles. The highest BCUT2D eigenvalue weighted by Gasteiger charge is 2.28. The van der Waals surface area contributed by atoms with E-state index in [1.807, 2.05) is 0 Å². The van der Waals surface area contributed by atoms with Gasteiger partial charge in [0.05, 0.1) is 29.6 Å². The van der Waals surface area contributed by atoms with Gasteiger partial charge in [-0.3, -0.25) is 14.4 Å². The lowest BCUT2D eigenvalue weighted by Gasteiger charge is -2.27. The number of rotatable bonds is 5. The maximum Gasteiger partial charge on any atom is 0.292 e. The fourth-order valence-corrected chi connectivity index (χ4v) is 3.77. The van der Waals surface area contributed by atoms with E-state index in [0.717, 1.165) is 4.68 Å². The number of anilines is 2. The predicted molar refractivity (Wildman–Crippen MR) is 104 cm³/mol. The summed E-state index contributed by atoms with van der Waals surface area (Å²) in [7, 11) is 1.47. The molecule has 0 spiro atoms. The van der Waals surface area contributed by atoms with Crippen molar-refractivity contribution in [3.63, 3.8) is 0 Å². The third-order valence-electron chi connectivity index (χ3n) is 3.95. The number of carbonyl (C=O) groups is 2. The van der Waals surface area contributed by atoms with Gasteiger partial charge in [-0.1, -0.05) is 11.6 Å². The van der Waals surface area contributed by atoms with Crippen LogP contribution in [0.3, 0.4) is 0 Å². The summed E-state index contributed by atoms with van der Waals surface area (Å²) in [5.74, 6) is 0.0969. The van der Waals surface area contributed by atoms with Crippen LogP contribution in [0.5, 0.6) is 5.75 Å². The molecule has 27 heavy (non-hydrogen) atoms. The number of hydrogen-bond acceptors (Lipinski definition) is 6. The van der Waals surface area contributed by atoms with Crippen LogP contribution in [0.15, 0.2) is 34.1 Å². The molecule has 8 nitrogen and oxygen atoms in total. The highest BCUT2D eigenvalue weighted by Crippen LogP contribution is 2.31. The molecule has 2 amide bonds. The lowest BCUT2D eigenvalue weighted by molar-refractivity contribution is -0.117. The van der Waals surface area contributed by atoms with Crippen molar-refractivity contribution >= 4 is 46.6 Å². The zero-order chi connectivity index (χ0) is 19.6. The monoisotopic (exact) mass is 408 g/mol. The second-order valence-corrected chi connectivity index (χ2v) is 7.09. The molecule has 10 heteroatoms. The molecule has 1 aliphatic heterocycles. The zero-order valence-electron chi connectivity index (χ0n) is 14.7. The van der Waals surface area contributed by atoms with Gasteiger partial charge in [0.15, 0.2) is 0 Å². The Labute approximate surface area is 164 Å². The lowest BCUT2D eigenvalue weighted by atomic mass is 10.3. The Morgan fingerprint density at radius 3 is 2.89 bits per heavy atom. The van der Waals surface area contributed by atoms with Crippen molar-refractivity contribution in [2.45, 2.75) is 18.4 Å². The van der Waals surface area contributed by atoms with E-state index < -0.39 is 11.5 Å².